The van der Waals surface area contributed by atoms with Gasteiger partial charge in [0.2, 0.25) is 0 Å². The van der Waals surface area contributed by atoms with Crippen LogP contribution in [0.2, 0.25) is 0 Å². The summed E-state index contributed by atoms with van der Waals surface area (Å²) in [6, 6.07) is 46.7. The summed E-state index contributed by atoms with van der Waals surface area (Å²) in [5.41, 5.74) is 14.6. The minimum absolute atomic E-state index is 0.167. The lowest BCUT2D eigenvalue weighted by molar-refractivity contribution is 0.612. The predicted molar refractivity (Wildman–Crippen MR) is 201 cm³/mol. The first-order valence-electron chi connectivity index (χ1n) is 17.1. The van der Waals surface area contributed by atoms with Crippen LogP contribution in [0.5, 0.6) is 0 Å². The summed E-state index contributed by atoms with van der Waals surface area (Å²) in [4.78, 5) is 0. The highest BCUT2D eigenvalue weighted by atomic mass is 16.3. The van der Waals surface area contributed by atoms with Crippen LogP contribution in [0.15, 0.2) is 150 Å². The second kappa shape index (κ2) is 9.95. The standard InChI is InChI=1S/C46H35NO/c1-28-23-24-29(27-37(28)35-19-12-18-34-32-15-8-11-22-42(32)48-45(34)35)47-40-21-10-7-17-36(40)44-41(47)26-25-39-43(44)33-16-5-4-13-30(33)31-14-6-9-20-38(31)46(39,2)3/h4-28,37H,1-3H3. The molecule has 0 bridgehead atoms. The van der Waals surface area contributed by atoms with Gasteiger partial charge >= 0.3 is 0 Å². The first-order valence-corrected chi connectivity index (χ1v) is 17.1. The number of allylic oxidation sites excluding steroid dienone is 4. The third kappa shape index (κ3) is 3.69. The topological polar surface area (TPSA) is 18.1 Å². The van der Waals surface area contributed by atoms with Crippen LogP contribution < -0.4 is 0 Å². The Morgan fingerprint density at radius 2 is 1.31 bits per heavy atom. The largest absolute Gasteiger partial charge is 0.456 e. The van der Waals surface area contributed by atoms with E-state index in [9.17, 15) is 0 Å². The molecule has 2 aliphatic carbocycles. The fraction of sp³-hybridized carbons (Fsp3) is 0.130. The summed E-state index contributed by atoms with van der Waals surface area (Å²) in [5, 5.41) is 4.96. The smallest absolute Gasteiger partial charge is 0.139 e. The maximum atomic E-state index is 6.54. The zero-order valence-electron chi connectivity index (χ0n) is 27.4. The molecule has 2 aromatic heterocycles. The van der Waals surface area contributed by atoms with Crippen LogP contribution in [0.1, 0.15) is 43.4 Å². The van der Waals surface area contributed by atoms with Crippen LogP contribution in [-0.4, -0.2) is 4.57 Å². The van der Waals surface area contributed by atoms with Crippen LogP contribution in [0.25, 0.3) is 71.7 Å². The van der Waals surface area contributed by atoms with Crippen LogP contribution in [-0.2, 0) is 5.41 Å². The minimum Gasteiger partial charge on any atom is -0.456 e. The average molecular weight is 618 g/mol. The Bertz CT molecular complexity index is 2680. The van der Waals surface area contributed by atoms with E-state index in [0.717, 1.165) is 11.2 Å². The van der Waals surface area contributed by atoms with Gasteiger partial charge in [0.25, 0.3) is 0 Å². The van der Waals surface area contributed by atoms with Crippen molar-refractivity contribution in [2.45, 2.75) is 32.1 Å². The number of para-hydroxylation sites is 3. The fourth-order valence-electron chi connectivity index (χ4n) is 8.80. The van der Waals surface area contributed by atoms with Crippen molar-refractivity contribution in [3.8, 4) is 22.3 Å². The second-order valence-electron chi connectivity index (χ2n) is 14.1. The van der Waals surface area contributed by atoms with Gasteiger partial charge in [-0.2, -0.15) is 0 Å². The van der Waals surface area contributed by atoms with Gasteiger partial charge in [-0.3, -0.25) is 0 Å². The number of hydrogen-bond donors (Lipinski definition) is 0. The molecule has 0 saturated carbocycles. The predicted octanol–water partition coefficient (Wildman–Crippen LogP) is 12.5. The number of rotatable bonds is 2. The maximum Gasteiger partial charge on any atom is 0.139 e. The van der Waals surface area contributed by atoms with Crippen molar-refractivity contribution in [2.75, 3.05) is 0 Å². The van der Waals surface area contributed by atoms with Crippen molar-refractivity contribution in [3.63, 3.8) is 0 Å². The summed E-state index contributed by atoms with van der Waals surface area (Å²) in [7, 11) is 0. The molecule has 230 valence electrons. The summed E-state index contributed by atoms with van der Waals surface area (Å²) in [6.07, 6.45) is 7.17. The van der Waals surface area contributed by atoms with E-state index >= 15 is 0 Å². The normalized spacial score (nSPS) is 18.1. The van der Waals surface area contributed by atoms with E-state index < -0.39 is 0 Å². The highest BCUT2D eigenvalue weighted by molar-refractivity contribution is 6.19. The van der Waals surface area contributed by atoms with Gasteiger partial charge < -0.3 is 8.98 Å². The summed E-state index contributed by atoms with van der Waals surface area (Å²) in [5.74, 6) is 0.489. The Labute approximate surface area is 280 Å². The molecule has 0 radical (unpaired) electrons. The Morgan fingerprint density at radius 3 is 2.19 bits per heavy atom. The van der Waals surface area contributed by atoms with Gasteiger partial charge in [0.15, 0.2) is 0 Å². The van der Waals surface area contributed by atoms with E-state index in [-0.39, 0.29) is 11.3 Å². The second-order valence-corrected chi connectivity index (χ2v) is 14.1. The lowest BCUT2D eigenvalue weighted by atomic mass is 9.75. The molecule has 0 aliphatic heterocycles. The minimum atomic E-state index is -0.182. The summed E-state index contributed by atoms with van der Waals surface area (Å²) < 4.78 is 9.04. The summed E-state index contributed by atoms with van der Waals surface area (Å²) in [6.45, 7) is 7.09. The quantitative estimate of drug-likeness (QED) is 0.189. The Balaban J connectivity index is 1.25. The van der Waals surface area contributed by atoms with Crippen molar-refractivity contribution in [1.82, 2.24) is 4.57 Å². The van der Waals surface area contributed by atoms with Crippen LogP contribution in [0.3, 0.4) is 0 Å². The Morgan fingerprint density at radius 1 is 0.604 bits per heavy atom. The van der Waals surface area contributed by atoms with Gasteiger partial charge in [-0.05, 0) is 63.6 Å². The first kappa shape index (κ1) is 27.5. The van der Waals surface area contributed by atoms with E-state index in [0.29, 0.717) is 5.92 Å². The van der Waals surface area contributed by atoms with Gasteiger partial charge in [-0.1, -0.05) is 142 Å². The SMILES string of the molecule is CC1C=CC(n2c3ccccc3c3c4c(ccc32)C(C)(C)c2ccccc2-c2ccccc2-4)=CC1c1cccc2c1oc1ccccc12. The number of furan rings is 1. The van der Waals surface area contributed by atoms with Crippen LogP contribution in [0.4, 0.5) is 0 Å². The zero-order valence-corrected chi connectivity index (χ0v) is 27.4. The number of fused-ring (bicyclic) bond motifs is 12. The monoisotopic (exact) mass is 617 g/mol. The van der Waals surface area contributed by atoms with Gasteiger partial charge in [0.05, 0.1) is 11.0 Å². The van der Waals surface area contributed by atoms with Gasteiger partial charge in [-0.25, -0.2) is 0 Å². The van der Waals surface area contributed by atoms with E-state index in [4.69, 9.17) is 4.42 Å². The molecule has 0 N–H and O–H groups in total. The molecular weight excluding hydrogens is 583 g/mol. The molecule has 2 atom stereocenters. The molecule has 2 heterocycles. The van der Waals surface area contributed by atoms with Crippen molar-refractivity contribution in [1.29, 1.82) is 0 Å². The summed E-state index contributed by atoms with van der Waals surface area (Å²) >= 11 is 0. The Hall–Kier alpha value is -5.60. The van der Waals surface area contributed by atoms with Crippen molar-refractivity contribution < 1.29 is 4.42 Å². The van der Waals surface area contributed by atoms with Gasteiger partial charge in [0, 0.05) is 44.1 Å². The van der Waals surface area contributed by atoms with Crippen LogP contribution in [0, 0.1) is 5.92 Å². The average Bonchev–Trinajstić information content (AvgIpc) is 3.65. The molecule has 2 heteroatoms. The first-order chi connectivity index (χ1) is 23.5. The molecule has 10 rings (SSSR count). The zero-order chi connectivity index (χ0) is 32.1. The lowest BCUT2D eigenvalue weighted by Gasteiger charge is -2.29. The molecule has 2 aliphatic rings. The van der Waals surface area contributed by atoms with E-state index in [1.165, 1.54) is 77.2 Å². The highest BCUT2D eigenvalue weighted by Crippen LogP contribution is 2.52. The molecule has 0 amide bonds. The van der Waals surface area contributed by atoms with E-state index in [2.05, 4.69) is 171 Å². The number of benzene rings is 6. The molecule has 0 fully saturated rings. The number of nitrogens with zero attached hydrogens (tertiary/aromatic N) is 1. The van der Waals surface area contributed by atoms with Gasteiger partial charge in [-0.15, -0.1) is 0 Å². The molecule has 2 unspecified atom stereocenters. The fourth-order valence-corrected chi connectivity index (χ4v) is 8.80. The van der Waals surface area contributed by atoms with Gasteiger partial charge in [0.1, 0.15) is 11.2 Å². The number of hydrogen-bond acceptors (Lipinski definition) is 1. The van der Waals surface area contributed by atoms with Crippen LogP contribution >= 0.6 is 0 Å². The van der Waals surface area contributed by atoms with Crippen molar-refractivity contribution in [2.24, 2.45) is 5.92 Å². The molecule has 8 aromatic rings. The van der Waals surface area contributed by atoms with Crippen molar-refractivity contribution in [3.05, 3.63) is 162 Å². The molecule has 2 nitrogen and oxygen atoms in total. The lowest BCUT2D eigenvalue weighted by Crippen LogP contribution is -2.20. The van der Waals surface area contributed by atoms with E-state index in [1.54, 1.807) is 0 Å². The van der Waals surface area contributed by atoms with E-state index in [1.807, 2.05) is 0 Å². The molecular formula is C46H35NO. The maximum absolute atomic E-state index is 6.54. The molecule has 48 heavy (non-hydrogen) atoms. The molecule has 0 saturated heterocycles. The number of aromatic nitrogens is 1. The molecule has 0 spiro atoms. The third-order valence-corrected chi connectivity index (χ3v) is 11.1. The molecule has 6 aromatic carbocycles. The highest BCUT2D eigenvalue weighted by Gasteiger charge is 2.35. The van der Waals surface area contributed by atoms with Crippen molar-refractivity contribution >= 4 is 49.4 Å². The Kier molecular flexibility index (Phi) is 5.70. The third-order valence-electron chi connectivity index (χ3n) is 11.1.